The third-order valence-corrected chi connectivity index (χ3v) is 5.71. The van der Waals surface area contributed by atoms with Crippen molar-refractivity contribution in [1.82, 2.24) is 20.4 Å². The molecule has 2 fully saturated rings. The maximum absolute atomic E-state index is 4.84. The van der Waals surface area contributed by atoms with Gasteiger partial charge < -0.3 is 25.3 Å². The van der Waals surface area contributed by atoms with Crippen LogP contribution in [0.3, 0.4) is 0 Å². The fourth-order valence-corrected chi connectivity index (χ4v) is 4.07. The Morgan fingerprint density at radius 2 is 1.96 bits per heavy atom. The average Bonchev–Trinajstić information content (AvgIpc) is 3.08. The summed E-state index contributed by atoms with van der Waals surface area (Å²) in [6.07, 6.45) is 3.56. The second-order valence-electron chi connectivity index (χ2n) is 8.02. The van der Waals surface area contributed by atoms with Crippen molar-refractivity contribution in [1.29, 1.82) is 0 Å². The van der Waals surface area contributed by atoms with Crippen LogP contribution in [0.1, 0.15) is 26.2 Å². The predicted molar refractivity (Wildman–Crippen MR) is 119 cm³/mol. The van der Waals surface area contributed by atoms with Crippen molar-refractivity contribution in [2.24, 2.45) is 4.99 Å². The first kappa shape index (κ1) is 20.9. The molecule has 6 nitrogen and oxygen atoms in total. The summed E-state index contributed by atoms with van der Waals surface area (Å²) in [6.45, 7) is 12.0. The van der Waals surface area contributed by atoms with E-state index in [1.807, 2.05) is 0 Å². The van der Waals surface area contributed by atoms with Crippen LogP contribution in [0.2, 0.25) is 0 Å². The number of aliphatic imine (C=N–C) groups is 1. The predicted octanol–water partition coefficient (Wildman–Crippen LogP) is 1.85. The average molecular weight is 387 g/mol. The number of nitrogens with one attached hydrogen (secondary N) is 2. The van der Waals surface area contributed by atoms with Crippen molar-refractivity contribution >= 4 is 11.6 Å². The van der Waals surface area contributed by atoms with Crippen molar-refractivity contribution in [3.05, 3.63) is 30.3 Å². The molecule has 3 rings (SSSR count). The Labute approximate surface area is 171 Å². The molecule has 6 heteroatoms. The summed E-state index contributed by atoms with van der Waals surface area (Å²) < 4.78 is 0. The van der Waals surface area contributed by atoms with Crippen LogP contribution in [0.4, 0.5) is 5.69 Å². The lowest BCUT2D eigenvalue weighted by molar-refractivity contribution is 0.275. The highest BCUT2D eigenvalue weighted by molar-refractivity contribution is 5.80. The van der Waals surface area contributed by atoms with Crippen LogP contribution in [-0.2, 0) is 0 Å². The number of hydrogen-bond acceptors (Lipinski definition) is 4. The number of guanidine groups is 1. The number of anilines is 1. The molecule has 28 heavy (non-hydrogen) atoms. The topological polar surface area (TPSA) is 46.1 Å². The molecule has 1 atom stereocenters. The molecule has 0 aromatic heterocycles. The fraction of sp³-hybridized carbons (Fsp3) is 0.682. The molecule has 0 amide bonds. The molecule has 0 saturated carbocycles. The van der Waals surface area contributed by atoms with Gasteiger partial charge in [0.25, 0.3) is 0 Å². The van der Waals surface area contributed by atoms with Crippen LogP contribution < -0.4 is 15.5 Å². The largest absolute Gasteiger partial charge is 0.369 e. The zero-order valence-corrected chi connectivity index (χ0v) is 17.7. The summed E-state index contributed by atoms with van der Waals surface area (Å²) >= 11 is 0. The summed E-state index contributed by atoms with van der Waals surface area (Å²) in [7, 11) is 2.23. The molecular formula is C22H38N6. The maximum atomic E-state index is 4.84. The van der Waals surface area contributed by atoms with Crippen molar-refractivity contribution in [2.75, 3.05) is 70.9 Å². The fourth-order valence-electron chi connectivity index (χ4n) is 4.07. The van der Waals surface area contributed by atoms with Gasteiger partial charge in [-0.25, -0.2) is 0 Å². The van der Waals surface area contributed by atoms with Crippen LogP contribution in [0.15, 0.2) is 35.3 Å². The number of nitrogens with zero attached hydrogens (tertiary/aromatic N) is 4. The molecule has 2 N–H and O–H groups in total. The first-order chi connectivity index (χ1) is 13.7. The number of para-hydroxylation sites is 1. The van der Waals surface area contributed by atoms with Gasteiger partial charge in [-0.3, -0.25) is 4.99 Å². The lowest BCUT2D eigenvalue weighted by atomic mass is 10.2. The van der Waals surface area contributed by atoms with Crippen molar-refractivity contribution in [3.63, 3.8) is 0 Å². The molecule has 2 saturated heterocycles. The lowest BCUT2D eigenvalue weighted by Gasteiger charge is -2.21. The summed E-state index contributed by atoms with van der Waals surface area (Å²) in [5.74, 6) is 0.970. The Morgan fingerprint density at radius 3 is 2.79 bits per heavy atom. The SMILES string of the molecule is CCNC(=NCCCN1CCCN(C)CC1)NC1CCN(c2ccccc2)C1. The Bertz CT molecular complexity index is 590. The van der Waals surface area contributed by atoms with E-state index in [0.29, 0.717) is 6.04 Å². The Morgan fingerprint density at radius 1 is 1.11 bits per heavy atom. The molecular weight excluding hydrogens is 348 g/mol. The Hall–Kier alpha value is -1.79. The monoisotopic (exact) mass is 386 g/mol. The molecule has 0 spiro atoms. The van der Waals surface area contributed by atoms with E-state index in [1.54, 1.807) is 0 Å². The van der Waals surface area contributed by atoms with Crippen LogP contribution in [0.5, 0.6) is 0 Å². The van der Waals surface area contributed by atoms with E-state index in [9.17, 15) is 0 Å². The number of likely N-dealkylation sites (N-methyl/N-ethyl adjacent to an activating group) is 1. The van der Waals surface area contributed by atoms with E-state index in [-0.39, 0.29) is 0 Å². The third kappa shape index (κ3) is 6.67. The molecule has 156 valence electrons. The highest BCUT2D eigenvalue weighted by atomic mass is 15.2. The third-order valence-electron chi connectivity index (χ3n) is 5.71. The van der Waals surface area contributed by atoms with E-state index in [1.165, 1.54) is 38.3 Å². The Kier molecular flexibility index (Phi) is 8.42. The van der Waals surface area contributed by atoms with E-state index in [0.717, 1.165) is 51.5 Å². The smallest absolute Gasteiger partial charge is 0.191 e. The number of benzene rings is 1. The van der Waals surface area contributed by atoms with Gasteiger partial charge in [0.1, 0.15) is 0 Å². The normalized spacial score (nSPS) is 22.3. The molecule has 1 unspecified atom stereocenters. The zero-order chi connectivity index (χ0) is 19.6. The van der Waals surface area contributed by atoms with E-state index < -0.39 is 0 Å². The minimum Gasteiger partial charge on any atom is -0.369 e. The van der Waals surface area contributed by atoms with Gasteiger partial charge in [-0.2, -0.15) is 0 Å². The van der Waals surface area contributed by atoms with Gasteiger partial charge in [0.05, 0.1) is 0 Å². The van der Waals surface area contributed by atoms with E-state index >= 15 is 0 Å². The molecule has 2 aliphatic rings. The second-order valence-corrected chi connectivity index (χ2v) is 8.02. The molecule has 0 aliphatic carbocycles. The van der Waals surface area contributed by atoms with Crippen molar-refractivity contribution in [2.45, 2.75) is 32.2 Å². The maximum Gasteiger partial charge on any atom is 0.191 e. The van der Waals surface area contributed by atoms with E-state index in [2.05, 4.69) is 69.6 Å². The van der Waals surface area contributed by atoms with Crippen LogP contribution >= 0.6 is 0 Å². The van der Waals surface area contributed by atoms with Gasteiger partial charge in [0.2, 0.25) is 0 Å². The minimum atomic E-state index is 0.458. The quantitative estimate of drug-likeness (QED) is 0.425. The molecule has 2 heterocycles. The van der Waals surface area contributed by atoms with Crippen LogP contribution in [-0.4, -0.2) is 87.8 Å². The first-order valence-electron chi connectivity index (χ1n) is 11.0. The van der Waals surface area contributed by atoms with Crippen molar-refractivity contribution < 1.29 is 0 Å². The molecule has 1 aromatic rings. The van der Waals surface area contributed by atoms with Gasteiger partial charge in [-0.15, -0.1) is 0 Å². The summed E-state index contributed by atoms with van der Waals surface area (Å²) in [6, 6.07) is 11.2. The molecule has 1 aromatic carbocycles. The number of rotatable bonds is 7. The zero-order valence-electron chi connectivity index (χ0n) is 17.7. The minimum absolute atomic E-state index is 0.458. The van der Waals surface area contributed by atoms with Gasteiger partial charge in [0.15, 0.2) is 5.96 Å². The standard InChI is InChI=1S/C22H38N6/c1-3-23-22(24-12-7-14-27-15-8-13-26(2)17-18-27)25-20-11-16-28(19-20)21-9-5-4-6-10-21/h4-6,9-10,20H,3,7-8,11-19H2,1-2H3,(H2,23,24,25). The molecule has 0 radical (unpaired) electrons. The van der Waals surface area contributed by atoms with Gasteiger partial charge in [-0.05, 0) is 65.0 Å². The van der Waals surface area contributed by atoms with Gasteiger partial charge >= 0.3 is 0 Å². The Balaban J connectivity index is 1.41. The summed E-state index contributed by atoms with van der Waals surface area (Å²) in [4.78, 5) is 12.3. The van der Waals surface area contributed by atoms with Crippen LogP contribution in [0, 0.1) is 0 Å². The molecule has 0 bridgehead atoms. The number of hydrogen-bond donors (Lipinski definition) is 2. The van der Waals surface area contributed by atoms with Crippen LogP contribution in [0.25, 0.3) is 0 Å². The second kappa shape index (κ2) is 11.3. The van der Waals surface area contributed by atoms with Crippen molar-refractivity contribution in [3.8, 4) is 0 Å². The summed E-state index contributed by atoms with van der Waals surface area (Å²) in [5, 5.41) is 7.07. The lowest BCUT2D eigenvalue weighted by Crippen LogP contribution is -2.44. The van der Waals surface area contributed by atoms with Gasteiger partial charge in [0, 0.05) is 51.0 Å². The highest BCUT2D eigenvalue weighted by Gasteiger charge is 2.23. The molecule has 2 aliphatic heterocycles. The van der Waals surface area contributed by atoms with E-state index in [4.69, 9.17) is 4.99 Å². The van der Waals surface area contributed by atoms with Gasteiger partial charge in [-0.1, -0.05) is 18.2 Å². The highest BCUT2D eigenvalue weighted by Crippen LogP contribution is 2.19. The summed E-state index contributed by atoms with van der Waals surface area (Å²) in [5.41, 5.74) is 1.32. The first-order valence-corrected chi connectivity index (χ1v) is 11.0.